The quantitative estimate of drug-likeness (QED) is 0.505. The van der Waals surface area contributed by atoms with Crippen LogP contribution >= 0.6 is 0 Å². The molecule has 1 heterocycles. The zero-order chi connectivity index (χ0) is 23.0. The molecule has 0 bridgehead atoms. The molecule has 32 heavy (non-hydrogen) atoms. The monoisotopic (exact) mass is 448 g/mol. The number of benzene rings is 2. The number of ether oxygens (including phenoxy) is 1. The van der Waals surface area contributed by atoms with Gasteiger partial charge in [-0.3, -0.25) is 9.79 Å². The zero-order valence-corrected chi connectivity index (χ0v) is 17.9. The van der Waals surface area contributed by atoms with Crippen molar-refractivity contribution < 1.29 is 22.7 Å². The number of rotatable bonds is 7. The molecule has 0 radical (unpaired) electrons. The average Bonchev–Trinajstić information content (AvgIpc) is 2.78. The molecule has 0 saturated heterocycles. The molecular formula is C23H27F3N4O2. The van der Waals surface area contributed by atoms with Crippen LogP contribution in [0, 0.1) is 0 Å². The molecule has 9 heteroatoms. The lowest BCUT2D eigenvalue weighted by atomic mass is 10.00. The minimum atomic E-state index is -4.33. The van der Waals surface area contributed by atoms with Crippen molar-refractivity contribution in [1.29, 1.82) is 0 Å². The third-order valence-electron chi connectivity index (χ3n) is 5.13. The summed E-state index contributed by atoms with van der Waals surface area (Å²) in [7, 11) is 1.62. The highest BCUT2D eigenvalue weighted by Crippen LogP contribution is 2.18. The van der Waals surface area contributed by atoms with Crippen molar-refractivity contribution >= 4 is 11.9 Å². The van der Waals surface area contributed by atoms with E-state index in [1.54, 1.807) is 19.2 Å². The Hall–Kier alpha value is -3.07. The van der Waals surface area contributed by atoms with Crippen LogP contribution in [-0.4, -0.2) is 49.7 Å². The van der Waals surface area contributed by atoms with Gasteiger partial charge in [0.1, 0.15) is 6.61 Å². The van der Waals surface area contributed by atoms with Gasteiger partial charge in [0.05, 0.1) is 13.2 Å². The fourth-order valence-electron chi connectivity index (χ4n) is 3.42. The number of fused-ring (bicyclic) bond motifs is 1. The average molecular weight is 448 g/mol. The molecule has 2 aromatic rings. The van der Waals surface area contributed by atoms with Crippen molar-refractivity contribution in [2.75, 3.05) is 26.7 Å². The fraction of sp³-hybridized carbons (Fsp3) is 0.391. The predicted octanol–water partition coefficient (Wildman–Crippen LogP) is 3.02. The third-order valence-corrected chi connectivity index (χ3v) is 5.13. The van der Waals surface area contributed by atoms with Crippen LogP contribution < -0.4 is 10.6 Å². The maximum absolute atomic E-state index is 12.6. The molecule has 0 unspecified atom stereocenters. The predicted molar refractivity (Wildman–Crippen MR) is 116 cm³/mol. The number of hydrogen-bond acceptors (Lipinski definition) is 3. The van der Waals surface area contributed by atoms with Gasteiger partial charge in [-0.1, -0.05) is 48.5 Å². The summed E-state index contributed by atoms with van der Waals surface area (Å²) in [6.07, 6.45) is -3.47. The molecule has 0 spiro atoms. The van der Waals surface area contributed by atoms with E-state index in [9.17, 15) is 18.0 Å². The summed E-state index contributed by atoms with van der Waals surface area (Å²) in [4.78, 5) is 18.6. The highest BCUT2D eigenvalue weighted by molar-refractivity contribution is 5.86. The topological polar surface area (TPSA) is 66.0 Å². The van der Waals surface area contributed by atoms with Crippen molar-refractivity contribution in [2.24, 2.45) is 4.99 Å². The molecule has 1 aliphatic heterocycles. The largest absolute Gasteiger partial charge is 0.411 e. The summed E-state index contributed by atoms with van der Waals surface area (Å²) in [6, 6.07) is 15.2. The summed E-state index contributed by atoms with van der Waals surface area (Å²) < 4.78 is 41.1. The number of aliphatic imine (C=N–C) groups is 1. The van der Waals surface area contributed by atoms with Gasteiger partial charge in [0, 0.05) is 26.7 Å². The Morgan fingerprint density at radius 2 is 1.75 bits per heavy atom. The number of nitrogens with one attached hydrogen (secondary N) is 2. The van der Waals surface area contributed by atoms with Gasteiger partial charge in [0.25, 0.3) is 0 Å². The van der Waals surface area contributed by atoms with E-state index in [0.29, 0.717) is 31.2 Å². The molecule has 0 aliphatic carbocycles. The lowest BCUT2D eigenvalue weighted by molar-refractivity contribution is -0.176. The van der Waals surface area contributed by atoms with Gasteiger partial charge in [-0.15, -0.1) is 0 Å². The molecule has 0 fully saturated rings. The summed E-state index contributed by atoms with van der Waals surface area (Å²) in [5.41, 5.74) is 4.06. The second-order valence-corrected chi connectivity index (χ2v) is 7.54. The van der Waals surface area contributed by atoms with Gasteiger partial charge in [-0.25, -0.2) is 0 Å². The first-order valence-electron chi connectivity index (χ1n) is 10.4. The molecule has 172 valence electrons. The highest BCUT2D eigenvalue weighted by Gasteiger charge is 2.27. The molecule has 3 rings (SSSR count). The molecule has 0 saturated carbocycles. The molecular weight excluding hydrogens is 421 g/mol. The van der Waals surface area contributed by atoms with E-state index in [-0.39, 0.29) is 19.1 Å². The number of nitrogens with zero attached hydrogens (tertiary/aromatic N) is 2. The first kappa shape index (κ1) is 23.6. The van der Waals surface area contributed by atoms with E-state index in [2.05, 4.69) is 32.5 Å². The lowest BCUT2D eigenvalue weighted by Crippen LogP contribution is -2.45. The van der Waals surface area contributed by atoms with E-state index in [1.165, 1.54) is 11.1 Å². The van der Waals surface area contributed by atoms with Crippen LogP contribution in [0.5, 0.6) is 0 Å². The summed E-state index contributed by atoms with van der Waals surface area (Å²) in [5.74, 6) is 0.499. The fourth-order valence-corrected chi connectivity index (χ4v) is 3.42. The summed E-state index contributed by atoms with van der Waals surface area (Å²) in [6.45, 7) is 0.538. The summed E-state index contributed by atoms with van der Waals surface area (Å²) >= 11 is 0. The molecule has 0 aromatic heterocycles. The van der Waals surface area contributed by atoms with Gasteiger partial charge >= 0.3 is 6.18 Å². The number of carbonyl (C=O) groups excluding carboxylic acids is 1. The van der Waals surface area contributed by atoms with Crippen molar-refractivity contribution in [3.8, 4) is 0 Å². The smallest absolute Gasteiger partial charge is 0.367 e. The Kier molecular flexibility index (Phi) is 8.10. The van der Waals surface area contributed by atoms with E-state index >= 15 is 0 Å². The maximum Gasteiger partial charge on any atom is 0.411 e. The molecule has 2 aromatic carbocycles. The number of alkyl halides is 3. The van der Waals surface area contributed by atoms with Crippen LogP contribution in [-0.2, 0) is 35.6 Å². The van der Waals surface area contributed by atoms with Crippen molar-refractivity contribution in [3.63, 3.8) is 0 Å². The SMILES string of the molecule is CN=C(NCC(=O)N1CCc2ccccc2C1)NCc1ccc(COCC(F)(F)F)cc1. The molecule has 0 atom stereocenters. The van der Waals surface area contributed by atoms with Gasteiger partial charge in [-0.2, -0.15) is 13.2 Å². The lowest BCUT2D eigenvalue weighted by Gasteiger charge is -2.29. The van der Waals surface area contributed by atoms with Gasteiger partial charge in [-0.05, 0) is 28.7 Å². The minimum absolute atomic E-state index is 0.00524. The number of guanidine groups is 1. The molecule has 1 amide bonds. The van der Waals surface area contributed by atoms with Crippen molar-refractivity contribution in [1.82, 2.24) is 15.5 Å². The first-order chi connectivity index (χ1) is 15.3. The Morgan fingerprint density at radius 1 is 1.06 bits per heavy atom. The van der Waals surface area contributed by atoms with Crippen LogP contribution in [0.3, 0.4) is 0 Å². The third kappa shape index (κ3) is 7.26. The van der Waals surface area contributed by atoms with E-state index in [0.717, 1.165) is 12.0 Å². The Bertz CT molecular complexity index is 930. The van der Waals surface area contributed by atoms with Gasteiger partial charge in [0.2, 0.25) is 5.91 Å². The summed E-state index contributed by atoms with van der Waals surface area (Å²) in [5, 5.41) is 6.17. The number of amides is 1. The van der Waals surface area contributed by atoms with Crippen LogP contribution in [0.4, 0.5) is 13.2 Å². The number of hydrogen-bond donors (Lipinski definition) is 2. The van der Waals surface area contributed by atoms with Crippen LogP contribution in [0.15, 0.2) is 53.5 Å². The Balaban J connectivity index is 1.41. The normalized spacial score (nSPS) is 14.1. The van der Waals surface area contributed by atoms with E-state index in [1.807, 2.05) is 29.2 Å². The van der Waals surface area contributed by atoms with Crippen molar-refractivity contribution in [2.45, 2.75) is 32.3 Å². The number of carbonyl (C=O) groups is 1. The molecule has 2 N–H and O–H groups in total. The van der Waals surface area contributed by atoms with E-state index < -0.39 is 12.8 Å². The minimum Gasteiger partial charge on any atom is -0.367 e. The number of halogens is 3. The van der Waals surface area contributed by atoms with E-state index in [4.69, 9.17) is 0 Å². The van der Waals surface area contributed by atoms with Gasteiger partial charge in [0.15, 0.2) is 5.96 Å². The highest BCUT2D eigenvalue weighted by atomic mass is 19.4. The zero-order valence-electron chi connectivity index (χ0n) is 17.9. The molecule has 6 nitrogen and oxygen atoms in total. The maximum atomic E-state index is 12.6. The van der Waals surface area contributed by atoms with Crippen LogP contribution in [0.25, 0.3) is 0 Å². The second kappa shape index (κ2) is 11.0. The Morgan fingerprint density at radius 3 is 2.44 bits per heavy atom. The van der Waals surface area contributed by atoms with Crippen molar-refractivity contribution in [3.05, 3.63) is 70.8 Å². The molecule has 1 aliphatic rings. The van der Waals surface area contributed by atoms with Crippen LogP contribution in [0.2, 0.25) is 0 Å². The van der Waals surface area contributed by atoms with Gasteiger partial charge < -0.3 is 20.3 Å². The first-order valence-corrected chi connectivity index (χ1v) is 10.4. The second-order valence-electron chi connectivity index (χ2n) is 7.54. The standard InChI is InChI=1S/C23H27F3N4O2/c1-27-22(28-12-17-6-8-18(9-7-17)15-32-16-23(24,25)26)29-13-21(31)30-11-10-19-4-2-3-5-20(19)14-30/h2-9H,10-16H2,1H3,(H2,27,28,29). The van der Waals surface area contributed by atoms with Crippen LogP contribution in [0.1, 0.15) is 22.3 Å². The Labute approximate surface area is 185 Å².